The lowest BCUT2D eigenvalue weighted by molar-refractivity contribution is -0.116. The first-order chi connectivity index (χ1) is 9.02. The Morgan fingerprint density at radius 3 is 2.26 bits per heavy atom. The summed E-state index contributed by atoms with van der Waals surface area (Å²) in [5, 5.41) is 0.253. The van der Waals surface area contributed by atoms with Gasteiger partial charge in [-0.2, -0.15) is 0 Å². The summed E-state index contributed by atoms with van der Waals surface area (Å²) in [4.78, 5) is 15.8. The van der Waals surface area contributed by atoms with Crippen molar-refractivity contribution in [2.75, 3.05) is 0 Å². The molecule has 0 saturated heterocycles. The van der Waals surface area contributed by atoms with Gasteiger partial charge in [0.2, 0.25) is 5.24 Å². The van der Waals surface area contributed by atoms with Crippen LogP contribution in [0.1, 0.15) is 18.1 Å². The number of hydrogen-bond acceptors (Lipinski definition) is 2. The maximum Gasteiger partial charge on any atom is 0.232 e. The Kier molecular flexibility index (Phi) is 4.23. The molecule has 0 amide bonds. The molecule has 98 valence electrons. The van der Waals surface area contributed by atoms with Crippen LogP contribution in [0.5, 0.6) is 0 Å². The van der Waals surface area contributed by atoms with Crippen molar-refractivity contribution in [3.63, 3.8) is 0 Å². The van der Waals surface area contributed by atoms with Gasteiger partial charge >= 0.3 is 0 Å². The molecular formula is C15H13Cl2NO. The summed E-state index contributed by atoms with van der Waals surface area (Å²) in [6.07, 6.45) is 3.94. The van der Waals surface area contributed by atoms with E-state index in [0.717, 1.165) is 11.1 Å². The molecule has 0 saturated carbocycles. The van der Waals surface area contributed by atoms with Crippen LogP contribution in [-0.4, -0.2) is 10.2 Å². The van der Waals surface area contributed by atoms with E-state index in [9.17, 15) is 4.79 Å². The van der Waals surface area contributed by atoms with E-state index in [1.54, 1.807) is 24.5 Å². The van der Waals surface area contributed by atoms with Crippen molar-refractivity contribution in [3.05, 3.63) is 64.9 Å². The molecule has 4 heteroatoms. The van der Waals surface area contributed by atoms with Gasteiger partial charge in [-0.15, -0.1) is 0 Å². The highest BCUT2D eigenvalue weighted by atomic mass is 35.5. The zero-order chi connectivity index (χ0) is 13.9. The van der Waals surface area contributed by atoms with Crippen molar-refractivity contribution in [3.8, 4) is 0 Å². The third-order valence-electron chi connectivity index (χ3n) is 3.22. The fourth-order valence-corrected chi connectivity index (χ4v) is 2.31. The van der Waals surface area contributed by atoms with Gasteiger partial charge in [0, 0.05) is 17.4 Å². The van der Waals surface area contributed by atoms with Crippen molar-refractivity contribution in [2.24, 2.45) is 0 Å². The predicted molar refractivity (Wildman–Crippen MR) is 77.6 cm³/mol. The number of nitrogens with zero attached hydrogens (tertiary/aromatic N) is 1. The Morgan fingerprint density at radius 1 is 1.16 bits per heavy atom. The fourth-order valence-electron chi connectivity index (χ4n) is 2.01. The zero-order valence-corrected chi connectivity index (χ0v) is 11.9. The van der Waals surface area contributed by atoms with Crippen molar-refractivity contribution in [2.45, 2.75) is 18.8 Å². The minimum absolute atomic E-state index is 0.383. The second kappa shape index (κ2) is 5.72. The summed E-state index contributed by atoms with van der Waals surface area (Å²) < 4.78 is 0. The molecule has 0 bridgehead atoms. The Morgan fingerprint density at radius 2 is 1.74 bits per heavy atom. The average Bonchev–Trinajstić information content (AvgIpc) is 2.40. The van der Waals surface area contributed by atoms with Crippen LogP contribution in [0, 0.1) is 0 Å². The molecule has 1 aromatic carbocycles. The number of halogens is 2. The summed E-state index contributed by atoms with van der Waals surface area (Å²) in [6.45, 7) is 1.84. The van der Waals surface area contributed by atoms with Crippen molar-refractivity contribution in [1.29, 1.82) is 0 Å². The largest absolute Gasteiger partial charge is 0.280 e. The first-order valence-corrected chi connectivity index (χ1v) is 6.63. The van der Waals surface area contributed by atoms with E-state index in [1.165, 1.54) is 0 Å². The molecule has 0 fully saturated rings. The molecule has 1 unspecified atom stereocenters. The van der Waals surface area contributed by atoms with Crippen LogP contribution >= 0.6 is 23.2 Å². The maximum absolute atomic E-state index is 11.9. The SMILES string of the molecule is CC(Cc1ccncc1)(C(=O)Cl)c1ccc(Cl)cc1. The highest BCUT2D eigenvalue weighted by Gasteiger charge is 2.34. The number of benzene rings is 1. The summed E-state index contributed by atoms with van der Waals surface area (Å²) in [6, 6.07) is 11.0. The summed E-state index contributed by atoms with van der Waals surface area (Å²) >= 11 is 11.7. The molecule has 2 nitrogen and oxygen atoms in total. The van der Waals surface area contributed by atoms with Gasteiger partial charge in [0.05, 0.1) is 5.41 Å². The average molecular weight is 294 g/mol. The minimum Gasteiger partial charge on any atom is -0.280 e. The van der Waals surface area contributed by atoms with E-state index < -0.39 is 5.41 Å². The Labute approximate surface area is 122 Å². The topological polar surface area (TPSA) is 30.0 Å². The summed E-state index contributed by atoms with van der Waals surface area (Å²) in [5.41, 5.74) is 1.10. The van der Waals surface area contributed by atoms with Gasteiger partial charge < -0.3 is 0 Å². The molecule has 2 aromatic rings. The summed E-state index contributed by atoms with van der Waals surface area (Å²) in [5.74, 6) is 0. The number of aromatic nitrogens is 1. The van der Waals surface area contributed by atoms with Crippen LogP contribution in [0.4, 0.5) is 0 Å². The first-order valence-electron chi connectivity index (χ1n) is 5.87. The van der Waals surface area contributed by atoms with Crippen molar-refractivity contribution < 1.29 is 4.79 Å². The number of pyridine rings is 1. The number of rotatable bonds is 4. The monoisotopic (exact) mass is 293 g/mol. The minimum atomic E-state index is -0.770. The van der Waals surface area contributed by atoms with Crippen LogP contribution in [0.25, 0.3) is 0 Å². The van der Waals surface area contributed by atoms with Gasteiger partial charge in [0.25, 0.3) is 0 Å². The predicted octanol–water partition coefficient (Wildman–Crippen LogP) is 4.00. The van der Waals surface area contributed by atoms with Crippen LogP contribution in [0.15, 0.2) is 48.8 Å². The smallest absolute Gasteiger partial charge is 0.232 e. The van der Waals surface area contributed by atoms with E-state index >= 15 is 0 Å². The van der Waals surface area contributed by atoms with Crippen molar-refractivity contribution >= 4 is 28.4 Å². The van der Waals surface area contributed by atoms with E-state index in [0.29, 0.717) is 11.4 Å². The van der Waals surface area contributed by atoms with Crippen LogP contribution < -0.4 is 0 Å². The van der Waals surface area contributed by atoms with E-state index in [2.05, 4.69) is 4.98 Å². The second-order valence-electron chi connectivity index (χ2n) is 4.64. The molecule has 1 atom stereocenters. The first kappa shape index (κ1) is 14.0. The van der Waals surface area contributed by atoms with Gasteiger partial charge in [-0.1, -0.05) is 23.7 Å². The fraction of sp³-hybridized carbons (Fsp3) is 0.200. The molecule has 0 N–H and O–H groups in total. The van der Waals surface area contributed by atoms with Gasteiger partial charge in [-0.25, -0.2) is 0 Å². The second-order valence-corrected chi connectivity index (χ2v) is 5.42. The standard InChI is InChI=1S/C15H13Cl2NO/c1-15(14(17)19,10-11-6-8-18-9-7-11)12-2-4-13(16)5-3-12/h2-9H,10H2,1H3. The number of hydrogen-bond donors (Lipinski definition) is 0. The van der Waals surface area contributed by atoms with Crippen LogP contribution in [-0.2, 0) is 16.6 Å². The van der Waals surface area contributed by atoms with E-state index in [-0.39, 0.29) is 5.24 Å². The molecule has 0 aliphatic heterocycles. The number of carbonyl (C=O) groups excluding carboxylic acids is 1. The molecular weight excluding hydrogens is 281 g/mol. The molecule has 0 spiro atoms. The maximum atomic E-state index is 11.9. The van der Waals surface area contributed by atoms with Crippen LogP contribution in [0.3, 0.4) is 0 Å². The van der Waals surface area contributed by atoms with Gasteiger partial charge in [0.15, 0.2) is 0 Å². The van der Waals surface area contributed by atoms with Gasteiger partial charge in [0.1, 0.15) is 0 Å². The molecule has 0 aliphatic carbocycles. The molecule has 0 radical (unpaired) electrons. The Bertz CT molecular complexity index is 568. The van der Waals surface area contributed by atoms with Gasteiger partial charge in [-0.05, 0) is 60.3 Å². The molecule has 1 heterocycles. The normalized spacial score (nSPS) is 13.8. The quantitative estimate of drug-likeness (QED) is 0.798. The lowest BCUT2D eigenvalue weighted by atomic mass is 9.78. The van der Waals surface area contributed by atoms with Crippen LogP contribution in [0.2, 0.25) is 5.02 Å². The lowest BCUT2D eigenvalue weighted by Gasteiger charge is -2.26. The zero-order valence-electron chi connectivity index (χ0n) is 10.4. The van der Waals surface area contributed by atoms with Crippen molar-refractivity contribution in [1.82, 2.24) is 4.98 Å². The highest BCUT2D eigenvalue weighted by Crippen LogP contribution is 2.31. The Hall–Kier alpha value is -1.38. The molecule has 1 aromatic heterocycles. The Balaban J connectivity index is 2.38. The molecule has 0 aliphatic rings. The highest BCUT2D eigenvalue weighted by molar-refractivity contribution is 6.65. The van der Waals surface area contributed by atoms with E-state index in [1.807, 2.05) is 31.2 Å². The lowest BCUT2D eigenvalue weighted by Crippen LogP contribution is -2.31. The molecule has 2 rings (SSSR count). The number of carbonyl (C=O) groups is 1. The third kappa shape index (κ3) is 3.14. The molecule has 19 heavy (non-hydrogen) atoms. The summed E-state index contributed by atoms with van der Waals surface area (Å²) in [7, 11) is 0. The van der Waals surface area contributed by atoms with E-state index in [4.69, 9.17) is 23.2 Å². The van der Waals surface area contributed by atoms with Gasteiger partial charge in [-0.3, -0.25) is 9.78 Å². The third-order valence-corrected chi connectivity index (χ3v) is 3.89.